The van der Waals surface area contributed by atoms with Crippen molar-refractivity contribution in [1.29, 1.82) is 0 Å². The Kier molecular flexibility index (Phi) is 3.59. The van der Waals surface area contributed by atoms with Gasteiger partial charge in [-0.25, -0.2) is 19.7 Å². The van der Waals surface area contributed by atoms with Crippen molar-refractivity contribution in [3.63, 3.8) is 0 Å². The zero-order valence-corrected chi connectivity index (χ0v) is 11.2. The predicted octanol–water partition coefficient (Wildman–Crippen LogP) is 1.79. The Hall–Kier alpha value is -2.24. The van der Waals surface area contributed by atoms with Crippen LogP contribution in [-0.2, 0) is 12.8 Å². The van der Waals surface area contributed by atoms with Crippen LogP contribution in [0, 0.1) is 6.92 Å². The first-order valence-electron chi connectivity index (χ1n) is 6.20. The lowest BCUT2D eigenvalue weighted by Crippen LogP contribution is -2.08. The number of hydrogen-bond donors (Lipinski definition) is 1. The molecule has 0 aliphatic heterocycles. The van der Waals surface area contributed by atoms with Crippen LogP contribution in [0.3, 0.4) is 0 Å². The Morgan fingerprint density at radius 3 is 2.58 bits per heavy atom. The van der Waals surface area contributed by atoms with E-state index in [1.807, 2.05) is 20.8 Å². The molecule has 0 aliphatic rings. The smallest absolute Gasteiger partial charge is 0.356 e. The summed E-state index contributed by atoms with van der Waals surface area (Å²) in [5.41, 5.74) is 1.94. The second-order valence-electron chi connectivity index (χ2n) is 4.21. The molecule has 0 bridgehead atoms. The van der Waals surface area contributed by atoms with E-state index >= 15 is 0 Å². The normalized spacial score (nSPS) is 10.7. The highest BCUT2D eigenvalue weighted by atomic mass is 16.4. The summed E-state index contributed by atoms with van der Waals surface area (Å²) in [7, 11) is 0. The van der Waals surface area contributed by atoms with E-state index in [2.05, 4.69) is 15.0 Å². The zero-order valence-electron chi connectivity index (χ0n) is 11.2. The van der Waals surface area contributed by atoms with Crippen molar-refractivity contribution < 1.29 is 9.90 Å². The van der Waals surface area contributed by atoms with Crippen molar-refractivity contribution >= 4 is 5.97 Å². The third kappa shape index (κ3) is 2.47. The van der Waals surface area contributed by atoms with Crippen LogP contribution in [0.1, 0.15) is 41.4 Å². The molecule has 6 heteroatoms. The topological polar surface area (TPSA) is 80.9 Å². The van der Waals surface area contributed by atoms with Gasteiger partial charge >= 0.3 is 5.97 Å². The average Bonchev–Trinajstić information content (AvgIpc) is 2.88. The molecular formula is C13H16N4O2. The largest absolute Gasteiger partial charge is 0.476 e. The highest BCUT2D eigenvalue weighted by molar-refractivity contribution is 5.85. The molecule has 2 heterocycles. The number of carbonyl (C=O) groups is 1. The third-order valence-electron chi connectivity index (χ3n) is 2.96. The Morgan fingerprint density at radius 1 is 1.32 bits per heavy atom. The fourth-order valence-electron chi connectivity index (χ4n) is 1.90. The summed E-state index contributed by atoms with van der Waals surface area (Å²) in [5.74, 6) is 0.406. The summed E-state index contributed by atoms with van der Waals surface area (Å²) in [6, 6.07) is 0. The molecule has 0 spiro atoms. The molecule has 0 amide bonds. The third-order valence-corrected chi connectivity index (χ3v) is 2.96. The molecule has 2 rings (SSSR count). The SMILES string of the molecule is CCc1nc(CC)c(C)c(-n2cnc(C(=O)O)c2)n1. The predicted molar refractivity (Wildman–Crippen MR) is 69.6 cm³/mol. The van der Waals surface area contributed by atoms with E-state index in [4.69, 9.17) is 5.11 Å². The molecular weight excluding hydrogens is 244 g/mol. The molecule has 0 saturated carbocycles. The molecule has 0 fully saturated rings. The lowest BCUT2D eigenvalue weighted by molar-refractivity contribution is 0.0691. The van der Waals surface area contributed by atoms with E-state index in [9.17, 15) is 4.79 Å². The summed E-state index contributed by atoms with van der Waals surface area (Å²) < 4.78 is 1.64. The lowest BCUT2D eigenvalue weighted by Gasteiger charge is -2.11. The minimum Gasteiger partial charge on any atom is -0.476 e. The fraction of sp³-hybridized carbons (Fsp3) is 0.385. The molecule has 0 aromatic carbocycles. The number of aromatic nitrogens is 4. The van der Waals surface area contributed by atoms with Gasteiger partial charge in [0.25, 0.3) is 0 Å². The van der Waals surface area contributed by atoms with Crippen LogP contribution in [-0.4, -0.2) is 30.6 Å². The Morgan fingerprint density at radius 2 is 2.05 bits per heavy atom. The van der Waals surface area contributed by atoms with E-state index in [0.29, 0.717) is 5.82 Å². The summed E-state index contributed by atoms with van der Waals surface area (Å²) in [4.78, 5) is 23.7. The number of aromatic carboxylic acids is 1. The molecule has 6 nitrogen and oxygen atoms in total. The van der Waals surface area contributed by atoms with Gasteiger partial charge in [-0.05, 0) is 13.3 Å². The van der Waals surface area contributed by atoms with Crippen LogP contribution in [0.2, 0.25) is 0 Å². The van der Waals surface area contributed by atoms with Gasteiger partial charge in [0.1, 0.15) is 18.0 Å². The Balaban J connectivity index is 2.56. The molecule has 0 unspecified atom stereocenters. The molecule has 0 saturated heterocycles. The molecule has 2 aromatic rings. The van der Waals surface area contributed by atoms with Crippen LogP contribution in [0.15, 0.2) is 12.5 Å². The first kappa shape index (κ1) is 13.2. The monoisotopic (exact) mass is 260 g/mol. The van der Waals surface area contributed by atoms with Crippen LogP contribution >= 0.6 is 0 Å². The molecule has 19 heavy (non-hydrogen) atoms. The van der Waals surface area contributed by atoms with Gasteiger partial charge in [-0.1, -0.05) is 13.8 Å². The van der Waals surface area contributed by atoms with Crippen LogP contribution in [0.25, 0.3) is 5.82 Å². The summed E-state index contributed by atoms with van der Waals surface area (Å²) in [6.45, 7) is 5.97. The molecule has 0 radical (unpaired) electrons. The maximum Gasteiger partial charge on any atom is 0.356 e. The van der Waals surface area contributed by atoms with Gasteiger partial charge in [0.15, 0.2) is 5.69 Å². The quantitative estimate of drug-likeness (QED) is 0.906. The number of carboxylic acid groups (broad SMARTS) is 1. The van der Waals surface area contributed by atoms with Crippen molar-refractivity contribution in [1.82, 2.24) is 19.5 Å². The van der Waals surface area contributed by atoms with Crippen LogP contribution in [0.5, 0.6) is 0 Å². The van der Waals surface area contributed by atoms with Gasteiger partial charge in [-0.15, -0.1) is 0 Å². The van der Waals surface area contributed by atoms with E-state index < -0.39 is 5.97 Å². The van der Waals surface area contributed by atoms with Crippen molar-refractivity contribution in [3.8, 4) is 5.82 Å². The van der Waals surface area contributed by atoms with Gasteiger partial charge in [-0.2, -0.15) is 0 Å². The maximum atomic E-state index is 10.9. The van der Waals surface area contributed by atoms with Crippen molar-refractivity contribution in [2.75, 3.05) is 0 Å². The van der Waals surface area contributed by atoms with Crippen LogP contribution < -0.4 is 0 Å². The van der Waals surface area contributed by atoms with Crippen molar-refractivity contribution in [3.05, 3.63) is 35.3 Å². The molecule has 0 atom stereocenters. The minimum absolute atomic E-state index is 0.00843. The van der Waals surface area contributed by atoms with Gasteiger partial charge in [0, 0.05) is 23.9 Å². The molecule has 1 N–H and O–H groups in total. The number of rotatable bonds is 4. The van der Waals surface area contributed by atoms with Gasteiger partial charge < -0.3 is 5.11 Å². The number of carboxylic acids is 1. The van der Waals surface area contributed by atoms with Crippen LogP contribution in [0.4, 0.5) is 0 Å². The number of nitrogens with zero attached hydrogens (tertiary/aromatic N) is 4. The Bertz CT molecular complexity index is 619. The first-order chi connectivity index (χ1) is 9.06. The highest BCUT2D eigenvalue weighted by Crippen LogP contribution is 2.16. The number of imidazole rings is 1. The number of hydrogen-bond acceptors (Lipinski definition) is 4. The second-order valence-corrected chi connectivity index (χ2v) is 4.21. The van der Waals surface area contributed by atoms with Crippen molar-refractivity contribution in [2.24, 2.45) is 0 Å². The summed E-state index contributed by atoms with van der Waals surface area (Å²) in [5, 5.41) is 8.91. The number of aryl methyl sites for hydroxylation is 2. The minimum atomic E-state index is -1.04. The highest BCUT2D eigenvalue weighted by Gasteiger charge is 2.13. The standard InChI is InChI=1S/C13H16N4O2/c1-4-9-8(3)12(16-11(5-2)15-9)17-6-10(13(18)19)14-7-17/h6-7H,4-5H2,1-3H3,(H,18,19). The molecule has 2 aromatic heterocycles. The van der Waals surface area contributed by atoms with E-state index in [0.717, 1.165) is 29.9 Å². The molecule has 0 aliphatic carbocycles. The van der Waals surface area contributed by atoms with Gasteiger partial charge in [0.05, 0.1) is 0 Å². The van der Waals surface area contributed by atoms with E-state index in [1.165, 1.54) is 12.5 Å². The lowest BCUT2D eigenvalue weighted by atomic mass is 10.2. The average molecular weight is 260 g/mol. The van der Waals surface area contributed by atoms with Gasteiger partial charge in [-0.3, -0.25) is 4.57 Å². The van der Waals surface area contributed by atoms with Gasteiger partial charge in [0.2, 0.25) is 0 Å². The van der Waals surface area contributed by atoms with Crippen molar-refractivity contribution in [2.45, 2.75) is 33.6 Å². The summed E-state index contributed by atoms with van der Waals surface area (Å²) in [6.07, 6.45) is 4.49. The fourth-order valence-corrected chi connectivity index (χ4v) is 1.90. The first-order valence-corrected chi connectivity index (χ1v) is 6.20. The second kappa shape index (κ2) is 5.17. The Labute approximate surface area is 111 Å². The van der Waals surface area contributed by atoms with E-state index in [1.54, 1.807) is 4.57 Å². The molecule has 100 valence electrons. The summed E-state index contributed by atoms with van der Waals surface area (Å²) >= 11 is 0. The maximum absolute atomic E-state index is 10.9. The van der Waals surface area contributed by atoms with E-state index in [-0.39, 0.29) is 5.69 Å². The zero-order chi connectivity index (χ0) is 14.0.